The van der Waals surface area contributed by atoms with Crippen molar-refractivity contribution >= 4 is 17.5 Å². The van der Waals surface area contributed by atoms with Crippen molar-refractivity contribution in [3.05, 3.63) is 59.7 Å². The fourth-order valence-electron chi connectivity index (χ4n) is 3.45. The average molecular weight is 409 g/mol. The van der Waals surface area contributed by atoms with Crippen molar-refractivity contribution in [3.8, 4) is 5.82 Å². The number of hydrogen-bond donors (Lipinski definition) is 1. The Morgan fingerprint density at radius 2 is 1.73 bits per heavy atom. The fraction of sp³-hybridized carbons (Fsp3) is 0.333. The first-order chi connectivity index (χ1) is 14.4. The summed E-state index contributed by atoms with van der Waals surface area (Å²) in [6, 6.07) is 7.80. The molecule has 156 valence electrons. The molecule has 1 aliphatic heterocycles. The van der Waals surface area contributed by atoms with Crippen molar-refractivity contribution in [1.29, 1.82) is 0 Å². The molecule has 3 heterocycles. The number of aromatic nitrogens is 4. The molecule has 9 heteroatoms. The van der Waals surface area contributed by atoms with Crippen LogP contribution in [0.5, 0.6) is 0 Å². The second kappa shape index (κ2) is 8.10. The zero-order valence-electron chi connectivity index (χ0n) is 17.3. The van der Waals surface area contributed by atoms with Crippen LogP contribution in [-0.2, 0) is 0 Å². The van der Waals surface area contributed by atoms with Gasteiger partial charge < -0.3 is 15.1 Å². The van der Waals surface area contributed by atoms with Crippen molar-refractivity contribution < 1.29 is 9.18 Å². The second-order valence-corrected chi connectivity index (χ2v) is 7.30. The van der Waals surface area contributed by atoms with E-state index >= 15 is 0 Å². The van der Waals surface area contributed by atoms with Gasteiger partial charge in [-0.1, -0.05) is 12.1 Å². The predicted octanol–water partition coefficient (Wildman–Crippen LogP) is 3.08. The number of nitrogens with zero attached hydrogens (tertiary/aromatic N) is 6. The van der Waals surface area contributed by atoms with Gasteiger partial charge in [-0.25, -0.2) is 24.1 Å². The van der Waals surface area contributed by atoms with E-state index in [0.717, 1.165) is 23.0 Å². The summed E-state index contributed by atoms with van der Waals surface area (Å²) in [5.41, 5.74) is 2.18. The number of hydrogen-bond acceptors (Lipinski definition) is 5. The van der Waals surface area contributed by atoms with E-state index in [4.69, 9.17) is 0 Å². The van der Waals surface area contributed by atoms with Crippen LogP contribution in [0.1, 0.15) is 17.2 Å². The predicted molar refractivity (Wildman–Crippen MR) is 113 cm³/mol. The van der Waals surface area contributed by atoms with Crippen molar-refractivity contribution in [1.82, 2.24) is 24.4 Å². The number of anilines is 2. The number of piperazine rings is 1. The Hall–Kier alpha value is -3.49. The molecule has 1 aromatic carbocycles. The Morgan fingerprint density at radius 3 is 2.40 bits per heavy atom. The molecule has 30 heavy (non-hydrogen) atoms. The van der Waals surface area contributed by atoms with Gasteiger partial charge in [0, 0.05) is 37.9 Å². The number of carbonyl (C=O) groups excluding carboxylic acids is 1. The van der Waals surface area contributed by atoms with Crippen molar-refractivity contribution in [3.63, 3.8) is 0 Å². The Bertz CT molecular complexity index is 1070. The molecule has 1 saturated heterocycles. The standard InChI is InChI=1S/C21H24FN7O/c1-14-15(2)29(13-23-14)20-12-19(24-16(3)25-20)27-8-10-28(11-9-27)21(30)26-18-7-5-4-6-17(18)22/h4-7,12-13H,8-11H2,1-3H3,(H,26,30). The molecule has 0 atom stereocenters. The third-order valence-corrected chi connectivity index (χ3v) is 5.32. The molecule has 1 aliphatic rings. The van der Waals surface area contributed by atoms with Gasteiger partial charge in [0.25, 0.3) is 0 Å². The van der Waals surface area contributed by atoms with Crippen LogP contribution < -0.4 is 10.2 Å². The molecule has 0 saturated carbocycles. The zero-order valence-corrected chi connectivity index (χ0v) is 17.3. The number of benzene rings is 1. The third kappa shape index (κ3) is 3.96. The lowest BCUT2D eigenvalue weighted by Gasteiger charge is -2.35. The van der Waals surface area contributed by atoms with E-state index in [1.807, 2.05) is 31.4 Å². The number of urea groups is 1. The summed E-state index contributed by atoms with van der Waals surface area (Å²) in [5, 5.41) is 2.64. The minimum atomic E-state index is -0.446. The number of amides is 2. The molecule has 0 bridgehead atoms. The first kappa shape index (κ1) is 19.8. The minimum Gasteiger partial charge on any atom is -0.353 e. The maximum Gasteiger partial charge on any atom is 0.322 e. The number of carbonyl (C=O) groups is 1. The van der Waals surface area contributed by atoms with Gasteiger partial charge in [0.05, 0.1) is 11.4 Å². The van der Waals surface area contributed by atoms with Crippen molar-refractivity contribution in [2.75, 3.05) is 36.4 Å². The van der Waals surface area contributed by atoms with E-state index in [0.29, 0.717) is 32.0 Å². The van der Waals surface area contributed by atoms with E-state index < -0.39 is 5.82 Å². The largest absolute Gasteiger partial charge is 0.353 e. The molecule has 0 spiro atoms. The number of aryl methyl sites for hydroxylation is 2. The lowest BCUT2D eigenvalue weighted by molar-refractivity contribution is 0.208. The van der Waals surface area contributed by atoms with Crippen LogP contribution in [0.2, 0.25) is 0 Å². The van der Waals surface area contributed by atoms with E-state index in [1.54, 1.807) is 29.4 Å². The second-order valence-electron chi connectivity index (χ2n) is 7.30. The molecule has 1 fully saturated rings. The Balaban J connectivity index is 1.45. The van der Waals surface area contributed by atoms with Crippen LogP contribution in [0.4, 0.5) is 20.7 Å². The highest BCUT2D eigenvalue weighted by atomic mass is 19.1. The Kier molecular flexibility index (Phi) is 5.35. The maximum absolute atomic E-state index is 13.8. The summed E-state index contributed by atoms with van der Waals surface area (Å²) in [4.78, 5) is 29.8. The highest BCUT2D eigenvalue weighted by Gasteiger charge is 2.23. The fourth-order valence-corrected chi connectivity index (χ4v) is 3.45. The van der Waals surface area contributed by atoms with Gasteiger partial charge in [0.1, 0.15) is 29.6 Å². The highest BCUT2D eigenvalue weighted by Crippen LogP contribution is 2.20. The Labute approximate surface area is 174 Å². The van der Waals surface area contributed by atoms with Gasteiger partial charge in [0.2, 0.25) is 0 Å². The van der Waals surface area contributed by atoms with Crippen LogP contribution >= 0.6 is 0 Å². The molecule has 8 nitrogen and oxygen atoms in total. The van der Waals surface area contributed by atoms with Crippen LogP contribution in [0.15, 0.2) is 36.7 Å². The summed E-state index contributed by atoms with van der Waals surface area (Å²) in [6.07, 6.45) is 1.77. The third-order valence-electron chi connectivity index (χ3n) is 5.32. The Morgan fingerprint density at radius 1 is 1.03 bits per heavy atom. The van der Waals surface area contributed by atoms with Gasteiger partial charge in [-0.05, 0) is 32.9 Å². The van der Waals surface area contributed by atoms with Gasteiger partial charge >= 0.3 is 6.03 Å². The molecule has 1 N–H and O–H groups in total. The number of imidazole rings is 1. The molecule has 0 radical (unpaired) electrons. The molecular formula is C21H24FN7O. The van der Waals surface area contributed by atoms with E-state index in [-0.39, 0.29) is 11.7 Å². The number of nitrogens with one attached hydrogen (secondary N) is 1. The zero-order chi connectivity index (χ0) is 21.3. The first-order valence-corrected chi connectivity index (χ1v) is 9.84. The molecule has 0 aliphatic carbocycles. The topological polar surface area (TPSA) is 79.2 Å². The normalized spacial score (nSPS) is 14.1. The first-order valence-electron chi connectivity index (χ1n) is 9.84. The molecular weight excluding hydrogens is 385 g/mol. The lowest BCUT2D eigenvalue weighted by atomic mass is 10.3. The molecule has 2 aromatic heterocycles. The van der Waals surface area contributed by atoms with Crippen LogP contribution in [0.3, 0.4) is 0 Å². The summed E-state index contributed by atoms with van der Waals surface area (Å²) < 4.78 is 15.7. The van der Waals surface area contributed by atoms with Crippen molar-refractivity contribution in [2.45, 2.75) is 20.8 Å². The SMILES string of the molecule is Cc1nc(N2CCN(C(=O)Nc3ccccc3F)CC2)cc(-n2cnc(C)c2C)n1. The number of halogens is 1. The van der Waals surface area contributed by atoms with Crippen LogP contribution in [0.25, 0.3) is 5.82 Å². The van der Waals surface area contributed by atoms with Gasteiger partial charge in [-0.2, -0.15) is 0 Å². The van der Waals surface area contributed by atoms with Crippen LogP contribution in [-0.4, -0.2) is 56.6 Å². The number of para-hydroxylation sites is 1. The van der Waals surface area contributed by atoms with Gasteiger partial charge in [0.15, 0.2) is 0 Å². The smallest absolute Gasteiger partial charge is 0.322 e. The molecule has 3 aromatic rings. The number of rotatable bonds is 3. The van der Waals surface area contributed by atoms with E-state index in [1.165, 1.54) is 6.07 Å². The quantitative estimate of drug-likeness (QED) is 0.719. The molecule has 0 unspecified atom stereocenters. The molecule has 2 amide bonds. The van der Waals surface area contributed by atoms with E-state index in [9.17, 15) is 9.18 Å². The van der Waals surface area contributed by atoms with Gasteiger partial charge in [-0.3, -0.25) is 4.57 Å². The minimum absolute atomic E-state index is 0.187. The summed E-state index contributed by atoms with van der Waals surface area (Å²) in [6.45, 7) is 8.12. The summed E-state index contributed by atoms with van der Waals surface area (Å²) >= 11 is 0. The highest BCUT2D eigenvalue weighted by molar-refractivity contribution is 5.89. The van der Waals surface area contributed by atoms with E-state index in [2.05, 4.69) is 25.2 Å². The monoisotopic (exact) mass is 409 g/mol. The average Bonchev–Trinajstić information content (AvgIpc) is 3.08. The maximum atomic E-state index is 13.8. The molecule has 4 rings (SSSR count). The van der Waals surface area contributed by atoms with Gasteiger partial charge in [-0.15, -0.1) is 0 Å². The van der Waals surface area contributed by atoms with Crippen LogP contribution in [0, 0.1) is 26.6 Å². The summed E-state index contributed by atoms with van der Waals surface area (Å²) in [7, 11) is 0. The lowest BCUT2D eigenvalue weighted by Crippen LogP contribution is -2.50. The summed E-state index contributed by atoms with van der Waals surface area (Å²) in [5.74, 6) is 1.82. The van der Waals surface area contributed by atoms with Crippen molar-refractivity contribution in [2.24, 2.45) is 0 Å².